The van der Waals surface area contributed by atoms with E-state index in [-0.39, 0.29) is 18.1 Å². The van der Waals surface area contributed by atoms with Gasteiger partial charge in [-0.25, -0.2) is 4.90 Å². The molecule has 7 heteroatoms. The Bertz CT molecular complexity index is 876. The molecule has 6 nitrogen and oxygen atoms in total. The molecule has 2 unspecified atom stereocenters. The van der Waals surface area contributed by atoms with E-state index in [1.165, 1.54) is 0 Å². The van der Waals surface area contributed by atoms with Crippen LogP contribution in [-0.2, 0) is 19.1 Å². The summed E-state index contributed by atoms with van der Waals surface area (Å²) in [5.41, 5.74) is -1.23. The van der Waals surface area contributed by atoms with Crippen molar-refractivity contribution in [2.24, 2.45) is 11.8 Å². The van der Waals surface area contributed by atoms with Gasteiger partial charge in [0.05, 0.1) is 28.7 Å². The lowest BCUT2D eigenvalue weighted by atomic mass is 9.68. The maximum absolute atomic E-state index is 13.0. The predicted molar refractivity (Wildman–Crippen MR) is 90.9 cm³/mol. The van der Waals surface area contributed by atoms with E-state index in [9.17, 15) is 14.4 Å². The first-order valence-corrected chi connectivity index (χ1v) is 8.62. The molecule has 3 saturated heterocycles. The molecule has 0 spiro atoms. The first-order chi connectivity index (χ1) is 11.2. The number of imide groups is 1. The molecule has 1 aromatic carbocycles. The van der Waals surface area contributed by atoms with E-state index in [1.54, 1.807) is 32.0 Å². The van der Waals surface area contributed by atoms with Gasteiger partial charge >= 0.3 is 0 Å². The lowest BCUT2D eigenvalue weighted by molar-refractivity contribution is -0.139. The Labute approximate surface area is 151 Å². The topological polar surface area (TPSA) is 87.5 Å². The summed E-state index contributed by atoms with van der Waals surface area (Å²) in [7, 11) is 0. The number of rotatable bonds is 1. The van der Waals surface area contributed by atoms with E-state index in [4.69, 9.17) is 10.00 Å². The number of ketones is 1. The Hall–Kier alpha value is -1.79. The molecule has 3 aliphatic heterocycles. The fourth-order valence-electron chi connectivity index (χ4n) is 4.31. The summed E-state index contributed by atoms with van der Waals surface area (Å²) in [6, 6.07) is 6.88. The Kier molecular flexibility index (Phi) is 3.04. The minimum atomic E-state index is -1.22. The molecule has 1 aromatic rings. The van der Waals surface area contributed by atoms with Crippen LogP contribution in [-0.4, -0.2) is 28.8 Å². The van der Waals surface area contributed by atoms with Crippen LogP contribution in [0.4, 0.5) is 5.69 Å². The summed E-state index contributed by atoms with van der Waals surface area (Å²) in [5, 5.41) is 9.03. The molecule has 24 heavy (non-hydrogen) atoms. The normalized spacial score (nSPS) is 37.1. The molecule has 3 heterocycles. The van der Waals surface area contributed by atoms with E-state index < -0.39 is 28.9 Å². The number of hydrogen-bond donors (Lipinski definition) is 0. The minimum absolute atomic E-state index is 0.122. The summed E-state index contributed by atoms with van der Waals surface area (Å²) >= 11 is 2.00. The number of amides is 2. The third-order valence-electron chi connectivity index (χ3n) is 5.40. The van der Waals surface area contributed by atoms with Gasteiger partial charge in [-0.1, -0.05) is 0 Å². The van der Waals surface area contributed by atoms with Crippen LogP contribution >= 0.6 is 22.6 Å². The van der Waals surface area contributed by atoms with Crippen molar-refractivity contribution in [1.29, 1.82) is 5.26 Å². The molecule has 122 valence electrons. The van der Waals surface area contributed by atoms with Crippen molar-refractivity contribution in [2.45, 2.75) is 31.5 Å². The number of nitrogens with zero attached hydrogens (tertiary/aromatic N) is 2. The van der Waals surface area contributed by atoms with Gasteiger partial charge in [0.15, 0.2) is 5.78 Å². The van der Waals surface area contributed by atoms with Crippen LogP contribution in [0.2, 0.25) is 0 Å². The molecule has 3 aliphatic rings. The van der Waals surface area contributed by atoms with E-state index in [2.05, 4.69) is 6.07 Å². The lowest BCUT2D eigenvalue weighted by Gasteiger charge is -2.26. The van der Waals surface area contributed by atoms with Crippen molar-refractivity contribution in [3.63, 3.8) is 0 Å². The van der Waals surface area contributed by atoms with Gasteiger partial charge in [0.1, 0.15) is 11.7 Å². The third-order valence-corrected chi connectivity index (χ3v) is 6.29. The Morgan fingerprint density at radius 3 is 2.54 bits per heavy atom. The zero-order valence-electron chi connectivity index (χ0n) is 13.0. The van der Waals surface area contributed by atoms with E-state index in [0.717, 1.165) is 4.90 Å². The number of Topliss-reactive ketones (excluding diaryl/α,β-unsaturated/α-hetero) is 1. The van der Waals surface area contributed by atoms with Crippen LogP contribution < -0.4 is 4.90 Å². The van der Waals surface area contributed by atoms with E-state index in [0.29, 0.717) is 14.8 Å². The van der Waals surface area contributed by atoms with Crippen LogP contribution in [0.25, 0.3) is 0 Å². The Balaban J connectivity index is 1.81. The van der Waals surface area contributed by atoms with Crippen molar-refractivity contribution < 1.29 is 19.1 Å². The predicted octanol–water partition coefficient (Wildman–Crippen LogP) is 1.79. The van der Waals surface area contributed by atoms with Crippen molar-refractivity contribution in [2.75, 3.05) is 4.90 Å². The van der Waals surface area contributed by atoms with Crippen molar-refractivity contribution >= 4 is 45.9 Å². The Morgan fingerprint density at radius 1 is 1.25 bits per heavy atom. The van der Waals surface area contributed by atoms with Gasteiger partial charge in [0.25, 0.3) is 0 Å². The average Bonchev–Trinajstić information content (AvgIpc) is 3.01. The summed E-state index contributed by atoms with van der Waals surface area (Å²) in [6.45, 7) is 3.35. The maximum Gasteiger partial charge on any atom is 0.241 e. The minimum Gasteiger partial charge on any atom is -0.359 e. The second kappa shape index (κ2) is 4.64. The molecule has 0 aliphatic carbocycles. The zero-order valence-corrected chi connectivity index (χ0v) is 15.2. The number of halogens is 1. The number of fused-ring (bicyclic) bond motifs is 5. The van der Waals surface area contributed by atoms with Gasteiger partial charge in [-0.3, -0.25) is 14.4 Å². The maximum atomic E-state index is 13.0. The molecule has 3 fully saturated rings. The molecule has 0 N–H and O–H groups in total. The molecule has 4 atom stereocenters. The number of hydrogen-bond acceptors (Lipinski definition) is 5. The molecule has 4 rings (SSSR count). The zero-order chi connectivity index (χ0) is 17.4. The summed E-state index contributed by atoms with van der Waals surface area (Å²) in [5.74, 6) is -2.26. The second-order valence-electron chi connectivity index (χ2n) is 6.86. The fraction of sp³-hybridized carbons (Fsp3) is 0.412. The summed E-state index contributed by atoms with van der Waals surface area (Å²) in [6.07, 6.45) is 0.155. The van der Waals surface area contributed by atoms with Crippen molar-refractivity contribution in [3.8, 4) is 6.07 Å². The van der Waals surface area contributed by atoms with Gasteiger partial charge in [-0.05, 0) is 54.6 Å². The van der Waals surface area contributed by atoms with Crippen LogP contribution in [0, 0.1) is 26.7 Å². The van der Waals surface area contributed by atoms with Crippen molar-refractivity contribution in [1.82, 2.24) is 0 Å². The van der Waals surface area contributed by atoms with Gasteiger partial charge in [0.2, 0.25) is 11.8 Å². The SMILES string of the molecule is C[C@]12O[C@@](C)(CC1=O)C1C(=O)N(c3ccc(C#N)c(I)c3)C(=O)C12. The van der Waals surface area contributed by atoms with Crippen LogP contribution in [0.3, 0.4) is 0 Å². The third kappa shape index (κ3) is 1.70. The number of benzene rings is 1. The van der Waals surface area contributed by atoms with Gasteiger partial charge in [0, 0.05) is 9.99 Å². The number of ether oxygens (including phenoxy) is 1. The highest BCUT2D eigenvalue weighted by molar-refractivity contribution is 14.1. The number of carbonyl (C=O) groups is 3. The molecular formula is C17H13IN2O4. The average molecular weight is 436 g/mol. The fourth-order valence-corrected chi connectivity index (χ4v) is 4.93. The molecular weight excluding hydrogens is 423 g/mol. The molecule has 0 radical (unpaired) electrons. The lowest BCUT2D eigenvalue weighted by Crippen LogP contribution is -2.46. The first kappa shape index (κ1) is 15.7. The van der Waals surface area contributed by atoms with E-state index >= 15 is 0 Å². The van der Waals surface area contributed by atoms with Crippen LogP contribution in [0.5, 0.6) is 0 Å². The second-order valence-corrected chi connectivity index (χ2v) is 8.03. The van der Waals surface area contributed by atoms with Crippen molar-refractivity contribution in [3.05, 3.63) is 27.3 Å². The standard InChI is InChI=1S/C17H13IN2O4/c1-16-6-11(21)17(2,24-16)13-12(16)14(22)20(15(13)23)9-4-3-8(7-19)10(18)5-9/h3-5,12-13H,6H2,1-2H3/t12?,13?,16-,17-/m0/s1. The van der Waals surface area contributed by atoms with Crippen LogP contribution in [0.1, 0.15) is 25.8 Å². The van der Waals surface area contributed by atoms with Gasteiger partial charge in [-0.2, -0.15) is 5.26 Å². The molecule has 2 amide bonds. The quantitative estimate of drug-likeness (QED) is 0.495. The largest absolute Gasteiger partial charge is 0.359 e. The molecule has 0 saturated carbocycles. The number of nitriles is 1. The Morgan fingerprint density at radius 2 is 1.92 bits per heavy atom. The van der Waals surface area contributed by atoms with Gasteiger partial charge < -0.3 is 4.74 Å². The van der Waals surface area contributed by atoms with Crippen LogP contribution in [0.15, 0.2) is 18.2 Å². The highest BCUT2D eigenvalue weighted by atomic mass is 127. The molecule has 0 aromatic heterocycles. The van der Waals surface area contributed by atoms with E-state index in [1.807, 2.05) is 22.6 Å². The number of anilines is 1. The summed E-state index contributed by atoms with van der Waals surface area (Å²) in [4.78, 5) is 39.3. The highest BCUT2D eigenvalue weighted by Gasteiger charge is 2.76. The smallest absolute Gasteiger partial charge is 0.241 e. The monoisotopic (exact) mass is 436 g/mol. The first-order valence-electron chi connectivity index (χ1n) is 7.54. The summed E-state index contributed by atoms with van der Waals surface area (Å²) < 4.78 is 6.51. The molecule has 2 bridgehead atoms. The van der Waals surface area contributed by atoms with Gasteiger partial charge in [-0.15, -0.1) is 0 Å². The highest BCUT2D eigenvalue weighted by Crippen LogP contribution is 2.59. The number of carbonyl (C=O) groups excluding carboxylic acids is 3.